The Morgan fingerprint density at radius 1 is 1.14 bits per heavy atom. The molecule has 0 spiro atoms. The molecule has 6 N–H and O–H groups in total. The summed E-state index contributed by atoms with van der Waals surface area (Å²) in [6.45, 7) is 1.05. The second-order valence-electron chi connectivity index (χ2n) is 6.89. The Hall–Kier alpha value is -3.65. The third-order valence-electron chi connectivity index (χ3n) is 4.10. The van der Waals surface area contributed by atoms with Gasteiger partial charge in [-0.15, -0.1) is 0 Å². The number of ether oxygens (including phenoxy) is 1. The molecule has 0 saturated heterocycles. The first kappa shape index (κ1) is 29.4. The number of thioether (sulfide) groups is 1. The lowest BCUT2D eigenvalue weighted by molar-refractivity contribution is -0.139. The van der Waals surface area contributed by atoms with E-state index in [9.17, 15) is 24.0 Å². The van der Waals surface area contributed by atoms with Gasteiger partial charge in [-0.05, 0) is 25.5 Å². The van der Waals surface area contributed by atoms with Crippen LogP contribution in [0.25, 0.3) is 0 Å². The Labute approximate surface area is 205 Å². The molecule has 14 heteroatoms. The Balaban J connectivity index is 2.81. The number of amides is 2. The van der Waals surface area contributed by atoms with Gasteiger partial charge in [0.25, 0.3) is 0 Å². The van der Waals surface area contributed by atoms with Crippen LogP contribution in [-0.4, -0.2) is 82.4 Å². The number of hydrogen-bond donors (Lipinski definition) is 5. The van der Waals surface area contributed by atoms with Gasteiger partial charge in [0, 0.05) is 17.9 Å². The maximum atomic E-state index is 12.4. The van der Waals surface area contributed by atoms with Gasteiger partial charge in [-0.2, -0.15) is 11.8 Å². The van der Waals surface area contributed by atoms with Crippen molar-refractivity contribution in [2.75, 3.05) is 24.7 Å². The number of esters is 1. The van der Waals surface area contributed by atoms with Crippen molar-refractivity contribution in [3.05, 3.63) is 30.3 Å². The minimum atomic E-state index is -1.28. The second kappa shape index (κ2) is 16.1. The number of nitrogens with zero attached hydrogens (tertiary/aromatic N) is 1. The molecule has 0 saturated carbocycles. The molecule has 2 atom stereocenters. The summed E-state index contributed by atoms with van der Waals surface area (Å²) < 4.78 is 4.96. The highest BCUT2D eigenvalue weighted by molar-refractivity contribution is 8.00. The minimum absolute atomic E-state index is 0.0475. The second-order valence-corrected chi connectivity index (χ2v) is 7.92. The van der Waals surface area contributed by atoms with Crippen LogP contribution in [0.2, 0.25) is 0 Å². The number of benzene rings is 1. The van der Waals surface area contributed by atoms with E-state index in [0.717, 1.165) is 11.8 Å². The smallest absolute Gasteiger partial charge is 0.356 e. The monoisotopic (exact) mass is 512 g/mol. The molecule has 2 amide bonds. The van der Waals surface area contributed by atoms with Gasteiger partial charge in [-0.1, -0.05) is 23.4 Å². The first-order valence-electron chi connectivity index (χ1n) is 10.4. The average molecular weight is 513 g/mol. The first-order chi connectivity index (χ1) is 16.6. The Kier molecular flexibility index (Phi) is 13.5. The number of oxime groups is 1. The summed E-state index contributed by atoms with van der Waals surface area (Å²) in [5.74, 6) is -4.42. The predicted molar refractivity (Wildman–Crippen MR) is 126 cm³/mol. The number of para-hydroxylation sites is 1. The molecule has 35 heavy (non-hydrogen) atoms. The van der Waals surface area contributed by atoms with Gasteiger partial charge in [-0.25, -0.2) is 4.79 Å². The topological polar surface area (TPSA) is 207 Å². The molecule has 0 fully saturated rings. The minimum Gasteiger partial charge on any atom is -0.480 e. The molecule has 0 aromatic heterocycles. The number of nitrogens with one attached hydrogen (secondary N) is 2. The van der Waals surface area contributed by atoms with Crippen LogP contribution < -0.4 is 21.2 Å². The third-order valence-corrected chi connectivity index (χ3v) is 5.15. The number of aliphatic carboxylic acids is 2. The zero-order valence-corrected chi connectivity index (χ0v) is 19.8. The Bertz CT molecular complexity index is 911. The molecule has 1 rings (SSSR count). The molecule has 0 heterocycles. The highest BCUT2D eigenvalue weighted by Crippen LogP contribution is 2.11. The summed E-state index contributed by atoms with van der Waals surface area (Å²) in [5.41, 5.74) is 5.30. The van der Waals surface area contributed by atoms with E-state index in [1.54, 1.807) is 37.3 Å². The molecule has 0 radical (unpaired) electrons. The van der Waals surface area contributed by atoms with Gasteiger partial charge in [-0.3, -0.25) is 19.2 Å². The van der Waals surface area contributed by atoms with Crippen LogP contribution in [0, 0.1) is 0 Å². The molecule has 1 aromatic rings. The van der Waals surface area contributed by atoms with E-state index in [1.165, 1.54) is 0 Å². The molecule has 13 nitrogen and oxygen atoms in total. The normalized spacial score (nSPS) is 12.7. The van der Waals surface area contributed by atoms with Gasteiger partial charge in [0.15, 0.2) is 11.5 Å². The molecule has 0 aliphatic rings. The lowest BCUT2D eigenvalue weighted by Gasteiger charge is -2.18. The molecular formula is C21H28N4O9S. The zero-order chi connectivity index (χ0) is 26.2. The van der Waals surface area contributed by atoms with Crippen molar-refractivity contribution in [2.24, 2.45) is 10.9 Å². The molecule has 1 aromatic carbocycles. The summed E-state index contributed by atoms with van der Waals surface area (Å²) in [6, 6.07) is 6.06. The SMILES string of the molecule is CCOC(=O)C(CSCC(NC(=O)CCC(N)C(=O)O)C(=O)NCC(=O)O)=NOc1ccccc1. The highest BCUT2D eigenvalue weighted by atomic mass is 32.2. The number of rotatable bonds is 16. The van der Waals surface area contributed by atoms with Crippen molar-refractivity contribution < 1.29 is 43.8 Å². The van der Waals surface area contributed by atoms with Gasteiger partial charge in [0.05, 0.1) is 6.61 Å². The van der Waals surface area contributed by atoms with Gasteiger partial charge >= 0.3 is 17.9 Å². The fraction of sp³-hybridized carbons (Fsp3) is 0.429. The van der Waals surface area contributed by atoms with E-state index in [4.69, 9.17) is 25.5 Å². The quantitative estimate of drug-likeness (QED) is 0.109. The molecular weight excluding hydrogens is 484 g/mol. The van der Waals surface area contributed by atoms with Crippen molar-refractivity contribution in [3.8, 4) is 5.75 Å². The highest BCUT2D eigenvalue weighted by Gasteiger charge is 2.24. The maximum Gasteiger partial charge on any atom is 0.356 e. The number of hydrogen-bond acceptors (Lipinski definition) is 10. The maximum absolute atomic E-state index is 12.4. The van der Waals surface area contributed by atoms with Gasteiger partial charge in [0.2, 0.25) is 11.8 Å². The summed E-state index contributed by atoms with van der Waals surface area (Å²) >= 11 is 1.04. The lowest BCUT2D eigenvalue weighted by atomic mass is 10.1. The van der Waals surface area contributed by atoms with Crippen LogP contribution in [0.4, 0.5) is 0 Å². The number of nitrogens with two attached hydrogens (primary N) is 1. The fourth-order valence-electron chi connectivity index (χ4n) is 2.34. The summed E-state index contributed by atoms with van der Waals surface area (Å²) in [7, 11) is 0. The van der Waals surface area contributed by atoms with Crippen LogP contribution >= 0.6 is 11.8 Å². The molecule has 0 aliphatic heterocycles. The zero-order valence-electron chi connectivity index (χ0n) is 19.0. The van der Waals surface area contributed by atoms with E-state index in [1.807, 2.05) is 0 Å². The number of carboxylic acid groups (broad SMARTS) is 2. The molecule has 0 bridgehead atoms. The van der Waals surface area contributed by atoms with E-state index in [-0.39, 0.29) is 36.7 Å². The van der Waals surface area contributed by atoms with Crippen LogP contribution in [-0.2, 0) is 28.7 Å². The van der Waals surface area contributed by atoms with Crippen molar-refractivity contribution in [3.63, 3.8) is 0 Å². The lowest BCUT2D eigenvalue weighted by Crippen LogP contribution is -2.49. The molecule has 0 aliphatic carbocycles. The van der Waals surface area contributed by atoms with Crippen molar-refractivity contribution in [1.29, 1.82) is 0 Å². The summed E-state index contributed by atoms with van der Waals surface area (Å²) in [6.07, 6.45) is -0.421. The molecule has 2 unspecified atom stereocenters. The van der Waals surface area contributed by atoms with Crippen molar-refractivity contribution in [2.45, 2.75) is 31.8 Å². The van der Waals surface area contributed by atoms with E-state index >= 15 is 0 Å². The van der Waals surface area contributed by atoms with E-state index < -0.39 is 48.4 Å². The fourth-order valence-corrected chi connectivity index (χ4v) is 3.30. The Morgan fingerprint density at radius 2 is 1.83 bits per heavy atom. The van der Waals surface area contributed by atoms with Crippen molar-refractivity contribution >= 4 is 47.2 Å². The molecule has 192 valence electrons. The van der Waals surface area contributed by atoms with Crippen molar-refractivity contribution in [1.82, 2.24) is 10.6 Å². The third kappa shape index (κ3) is 12.4. The number of carboxylic acids is 2. The summed E-state index contributed by atoms with van der Waals surface area (Å²) in [4.78, 5) is 63.6. The number of carbonyl (C=O) groups is 5. The predicted octanol–water partition coefficient (Wildman–Crippen LogP) is -0.405. The van der Waals surface area contributed by atoms with E-state index in [0.29, 0.717) is 5.75 Å². The first-order valence-corrected chi connectivity index (χ1v) is 11.6. The summed E-state index contributed by atoms with van der Waals surface area (Å²) in [5, 5.41) is 26.0. The average Bonchev–Trinajstić information content (AvgIpc) is 2.82. The van der Waals surface area contributed by atoms with E-state index in [2.05, 4.69) is 15.8 Å². The van der Waals surface area contributed by atoms with Crippen LogP contribution in [0.3, 0.4) is 0 Å². The van der Waals surface area contributed by atoms with Crippen LogP contribution in [0.15, 0.2) is 35.5 Å². The number of carbonyl (C=O) groups excluding carboxylic acids is 3. The van der Waals surface area contributed by atoms with Gasteiger partial charge in [0.1, 0.15) is 18.6 Å². The largest absolute Gasteiger partial charge is 0.480 e. The standard InChI is InChI=1S/C21H28N4O9S/c1-2-33-21(32)16(25-34-13-6-4-3-5-7-13)12-35-11-15(19(29)23-10-18(27)28)24-17(26)9-8-14(22)20(30)31/h3-7,14-15H,2,8-12,22H2,1H3,(H,23,29)(H,24,26)(H,27,28)(H,30,31). The van der Waals surface area contributed by atoms with Crippen LogP contribution in [0.5, 0.6) is 5.75 Å². The van der Waals surface area contributed by atoms with Gasteiger partial charge < -0.3 is 36.2 Å². The van der Waals surface area contributed by atoms with Crippen LogP contribution in [0.1, 0.15) is 19.8 Å². The Morgan fingerprint density at radius 3 is 2.43 bits per heavy atom.